The van der Waals surface area contributed by atoms with Crippen molar-refractivity contribution < 1.29 is 13.2 Å². The highest BCUT2D eigenvalue weighted by Gasteiger charge is 2.17. The van der Waals surface area contributed by atoms with E-state index in [-0.39, 0.29) is 16.7 Å². The van der Waals surface area contributed by atoms with Crippen LogP contribution in [0.3, 0.4) is 0 Å². The van der Waals surface area contributed by atoms with Crippen molar-refractivity contribution in [3.05, 3.63) is 24.3 Å². The van der Waals surface area contributed by atoms with Crippen molar-refractivity contribution in [3.63, 3.8) is 0 Å². The van der Waals surface area contributed by atoms with Crippen LogP contribution < -0.4 is 10.0 Å². The SMILES string of the molecule is CCCCNS(=O)(=O)c1ccc(NC(=O)[C@H](CC)CCCC)cc1. The Morgan fingerprint density at radius 3 is 2.21 bits per heavy atom. The van der Waals surface area contributed by atoms with Gasteiger partial charge >= 0.3 is 0 Å². The number of benzene rings is 1. The van der Waals surface area contributed by atoms with Crippen LogP contribution in [-0.2, 0) is 14.8 Å². The van der Waals surface area contributed by atoms with Gasteiger partial charge in [0.2, 0.25) is 15.9 Å². The summed E-state index contributed by atoms with van der Waals surface area (Å²) < 4.78 is 26.8. The average Bonchev–Trinajstić information content (AvgIpc) is 2.56. The number of unbranched alkanes of at least 4 members (excludes halogenated alkanes) is 2. The van der Waals surface area contributed by atoms with Crippen LogP contribution in [-0.4, -0.2) is 20.9 Å². The quantitative estimate of drug-likeness (QED) is 0.591. The lowest BCUT2D eigenvalue weighted by molar-refractivity contribution is -0.120. The first kappa shape index (κ1) is 20.6. The second kappa shape index (κ2) is 10.5. The smallest absolute Gasteiger partial charge is 0.240 e. The third-order valence-corrected chi connectivity index (χ3v) is 5.50. The maximum Gasteiger partial charge on any atom is 0.240 e. The van der Waals surface area contributed by atoms with E-state index in [0.717, 1.165) is 38.5 Å². The third-order valence-electron chi connectivity index (χ3n) is 4.02. The number of amides is 1. The number of nitrogens with one attached hydrogen (secondary N) is 2. The van der Waals surface area contributed by atoms with Gasteiger partial charge < -0.3 is 5.32 Å². The molecule has 0 heterocycles. The lowest BCUT2D eigenvalue weighted by Crippen LogP contribution is -2.25. The zero-order valence-corrected chi connectivity index (χ0v) is 15.8. The summed E-state index contributed by atoms with van der Waals surface area (Å²) in [6.07, 6.45) is 5.54. The molecular weight excluding hydrogens is 324 g/mol. The van der Waals surface area contributed by atoms with Gasteiger partial charge in [-0.05, 0) is 43.5 Å². The lowest BCUT2D eigenvalue weighted by Gasteiger charge is -2.15. The Morgan fingerprint density at radius 2 is 1.67 bits per heavy atom. The van der Waals surface area contributed by atoms with Crippen molar-refractivity contribution in [1.29, 1.82) is 0 Å². The van der Waals surface area contributed by atoms with Gasteiger partial charge in [0, 0.05) is 18.2 Å². The van der Waals surface area contributed by atoms with Gasteiger partial charge in [0.15, 0.2) is 0 Å². The standard InChI is InChI=1S/C18H30N2O3S/c1-4-7-9-15(6-3)18(21)20-16-10-12-17(13-11-16)24(22,23)19-14-8-5-2/h10-13,15,19H,4-9,14H2,1-3H3,(H,20,21)/t15-/m1/s1. The number of rotatable bonds is 11. The molecule has 1 aromatic rings. The van der Waals surface area contributed by atoms with Crippen molar-refractivity contribution >= 4 is 21.6 Å². The molecule has 0 spiro atoms. The molecule has 0 fully saturated rings. The molecule has 0 saturated heterocycles. The predicted molar refractivity (Wildman–Crippen MR) is 98.5 cm³/mol. The fourth-order valence-corrected chi connectivity index (χ4v) is 3.47. The summed E-state index contributed by atoms with van der Waals surface area (Å²) in [5.41, 5.74) is 0.627. The molecule has 0 bridgehead atoms. The Balaban J connectivity index is 2.68. The van der Waals surface area contributed by atoms with Crippen molar-refractivity contribution in [2.45, 2.75) is 64.2 Å². The van der Waals surface area contributed by atoms with Gasteiger partial charge in [-0.1, -0.05) is 40.0 Å². The molecule has 0 aromatic heterocycles. The molecule has 0 aliphatic carbocycles. The summed E-state index contributed by atoms with van der Waals surface area (Å²) in [7, 11) is -3.47. The summed E-state index contributed by atoms with van der Waals surface area (Å²) in [5, 5.41) is 2.88. The van der Waals surface area contributed by atoms with Crippen LogP contribution >= 0.6 is 0 Å². The van der Waals surface area contributed by atoms with Gasteiger partial charge in [0.05, 0.1) is 4.90 Å². The normalized spacial score (nSPS) is 12.8. The Hall–Kier alpha value is -1.40. The van der Waals surface area contributed by atoms with Gasteiger partial charge in [0.1, 0.15) is 0 Å². The summed E-state index contributed by atoms with van der Waals surface area (Å²) in [6.45, 7) is 6.57. The number of sulfonamides is 1. The fraction of sp³-hybridized carbons (Fsp3) is 0.611. The molecule has 1 atom stereocenters. The lowest BCUT2D eigenvalue weighted by atomic mass is 9.98. The molecule has 5 nitrogen and oxygen atoms in total. The van der Waals surface area contributed by atoms with Crippen molar-refractivity contribution in [2.75, 3.05) is 11.9 Å². The van der Waals surface area contributed by atoms with Crippen LogP contribution in [0, 0.1) is 5.92 Å². The van der Waals surface area contributed by atoms with Gasteiger partial charge in [-0.25, -0.2) is 13.1 Å². The first-order valence-electron chi connectivity index (χ1n) is 8.85. The van der Waals surface area contributed by atoms with Gasteiger partial charge in [-0.2, -0.15) is 0 Å². The topological polar surface area (TPSA) is 75.3 Å². The predicted octanol–water partition coefficient (Wildman–Crippen LogP) is 3.92. The molecule has 2 N–H and O–H groups in total. The molecule has 6 heteroatoms. The minimum absolute atomic E-state index is 0.00243. The molecule has 0 aliphatic rings. The second-order valence-corrected chi connectivity index (χ2v) is 7.78. The molecule has 0 saturated carbocycles. The van der Waals surface area contributed by atoms with Gasteiger partial charge in [-0.3, -0.25) is 4.79 Å². The van der Waals surface area contributed by atoms with Gasteiger partial charge in [-0.15, -0.1) is 0 Å². The molecule has 1 rings (SSSR count). The molecular formula is C18H30N2O3S. The van der Waals surface area contributed by atoms with E-state index in [1.54, 1.807) is 12.1 Å². The van der Waals surface area contributed by atoms with E-state index >= 15 is 0 Å². The minimum Gasteiger partial charge on any atom is -0.326 e. The summed E-state index contributed by atoms with van der Waals surface area (Å²) >= 11 is 0. The Bertz CT molecular complexity index is 597. The Kier molecular flexibility index (Phi) is 9.00. The largest absolute Gasteiger partial charge is 0.326 e. The van der Waals surface area contributed by atoms with Crippen LogP contribution in [0.5, 0.6) is 0 Å². The first-order chi connectivity index (χ1) is 11.4. The van der Waals surface area contributed by atoms with Crippen LogP contribution in [0.2, 0.25) is 0 Å². The third kappa shape index (κ3) is 6.61. The summed E-state index contributed by atoms with van der Waals surface area (Å²) in [4.78, 5) is 12.5. The second-order valence-electron chi connectivity index (χ2n) is 6.01. The fourth-order valence-electron chi connectivity index (χ4n) is 2.40. The molecule has 0 aliphatic heterocycles. The number of hydrogen-bond donors (Lipinski definition) is 2. The van der Waals surface area contributed by atoms with E-state index in [1.165, 1.54) is 12.1 Å². The van der Waals surface area contributed by atoms with Crippen molar-refractivity contribution in [1.82, 2.24) is 4.72 Å². The van der Waals surface area contributed by atoms with Crippen molar-refractivity contribution in [3.8, 4) is 0 Å². The van der Waals surface area contributed by atoms with Crippen molar-refractivity contribution in [2.24, 2.45) is 5.92 Å². The first-order valence-corrected chi connectivity index (χ1v) is 10.3. The average molecular weight is 355 g/mol. The Labute approximate surface area is 146 Å². The maximum atomic E-state index is 12.3. The number of carbonyl (C=O) groups excluding carboxylic acids is 1. The van der Waals surface area contributed by atoms with Gasteiger partial charge in [0.25, 0.3) is 0 Å². The summed E-state index contributed by atoms with van der Waals surface area (Å²) in [6, 6.07) is 6.32. The van der Waals surface area contributed by atoms with Crippen LogP contribution in [0.1, 0.15) is 59.3 Å². The highest BCUT2D eigenvalue weighted by molar-refractivity contribution is 7.89. The molecule has 24 heavy (non-hydrogen) atoms. The molecule has 136 valence electrons. The highest BCUT2D eigenvalue weighted by Crippen LogP contribution is 2.18. The maximum absolute atomic E-state index is 12.3. The van der Waals surface area contributed by atoms with E-state index in [9.17, 15) is 13.2 Å². The van der Waals surface area contributed by atoms with E-state index in [4.69, 9.17) is 0 Å². The number of anilines is 1. The monoisotopic (exact) mass is 354 g/mol. The molecule has 0 unspecified atom stereocenters. The molecule has 1 aromatic carbocycles. The van der Waals surface area contributed by atoms with Crippen LogP contribution in [0.15, 0.2) is 29.2 Å². The van der Waals surface area contributed by atoms with E-state index < -0.39 is 10.0 Å². The van der Waals surface area contributed by atoms with Crippen LogP contribution in [0.25, 0.3) is 0 Å². The van der Waals surface area contributed by atoms with E-state index in [1.807, 2.05) is 13.8 Å². The minimum atomic E-state index is -3.47. The highest BCUT2D eigenvalue weighted by atomic mass is 32.2. The van der Waals surface area contributed by atoms with Crippen LogP contribution in [0.4, 0.5) is 5.69 Å². The number of carbonyl (C=O) groups is 1. The zero-order valence-electron chi connectivity index (χ0n) is 15.0. The van der Waals surface area contributed by atoms with E-state index in [2.05, 4.69) is 17.0 Å². The number of hydrogen-bond acceptors (Lipinski definition) is 3. The Morgan fingerprint density at radius 1 is 1.04 bits per heavy atom. The zero-order chi connectivity index (χ0) is 18.0. The summed E-state index contributed by atoms with van der Waals surface area (Å²) in [5.74, 6) is 0.00620. The van der Waals surface area contributed by atoms with E-state index in [0.29, 0.717) is 12.2 Å². The molecule has 0 radical (unpaired) electrons. The molecule has 1 amide bonds.